The van der Waals surface area contributed by atoms with Crippen molar-refractivity contribution in [3.05, 3.63) is 45.5 Å². The number of ether oxygens (including phenoxy) is 2. The van der Waals surface area contributed by atoms with Gasteiger partial charge in [-0.05, 0) is 30.4 Å². The lowest BCUT2D eigenvalue weighted by molar-refractivity contribution is -0.222. The zero-order valence-electron chi connectivity index (χ0n) is 13.1. The van der Waals surface area contributed by atoms with Crippen molar-refractivity contribution in [2.75, 3.05) is 12.8 Å². The predicted molar refractivity (Wildman–Crippen MR) is 90.0 cm³/mol. The van der Waals surface area contributed by atoms with Crippen LogP contribution in [0.5, 0.6) is 0 Å². The first-order chi connectivity index (χ1) is 10.8. The van der Waals surface area contributed by atoms with Gasteiger partial charge in [-0.1, -0.05) is 23.7 Å². The molecule has 1 aliphatic rings. The molecular weight excluding hydrogens is 338 g/mol. The number of carbonyl (C=O) groups excluding carboxylic acids is 2. The van der Waals surface area contributed by atoms with Gasteiger partial charge in [0.1, 0.15) is 0 Å². The summed E-state index contributed by atoms with van der Waals surface area (Å²) in [4.78, 5) is 24.1. The zero-order chi connectivity index (χ0) is 17.0. The summed E-state index contributed by atoms with van der Waals surface area (Å²) in [5, 5.41) is 4.23. The Morgan fingerprint density at radius 2 is 1.74 bits per heavy atom. The van der Waals surface area contributed by atoms with Gasteiger partial charge < -0.3 is 14.8 Å². The third-order valence-corrected chi connectivity index (χ3v) is 4.14. The molecule has 0 unspecified atom stereocenters. The average molecular weight is 356 g/mol. The van der Waals surface area contributed by atoms with Crippen molar-refractivity contribution in [3.63, 3.8) is 0 Å². The van der Waals surface area contributed by atoms with E-state index in [1.807, 2.05) is 24.3 Å². The van der Waals surface area contributed by atoms with Crippen LogP contribution in [-0.2, 0) is 25.5 Å². The van der Waals surface area contributed by atoms with Crippen molar-refractivity contribution in [1.82, 2.24) is 5.32 Å². The molecule has 1 heterocycles. The molecular formula is C16H18ClNO4S. The second-order valence-electron chi connectivity index (χ2n) is 5.39. The quantitative estimate of drug-likeness (QED) is 0.498. The van der Waals surface area contributed by atoms with E-state index in [0.717, 1.165) is 12.0 Å². The summed E-state index contributed by atoms with van der Waals surface area (Å²) in [7, 11) is 0. The van der Waals surface area contributed by atoms with Crippen molar-refractivity contribution < 1.29 is 19.1 Å². The minimum atomic E-state index is -1.23. The number of hydrogen-bond acceptors (Lipinski definition) is 6. The van der Waals surface area contributed by atoms with Gasteiger partial charge in [-0.2, -0.15) is 0 Å². The molecule has 1 N–H and O–H groups in total. The molecule has 0 spiro atoms. The van der Waals surface area contributed by atoms with Gasteiger partial charge in [0, 0.05) is 25.4 Å². The molecule has 23 heavy (non-hydrogen) atoms. The van der Waals surface area contributed by atoms with E-state index in [1.165, 1.54) is 25.6 Å². The van der Waals surface area contributed by atoms with Crippen molar-refractivity contribution in [2.24, 2.45) is 0 Å². The van der Waals surface area contributed by atoms with Gasteiger partial charge in [0.05, 0.1) is 5.03 Å². The van der Waals surface area contributed by atoms with Crippen LogP contribution in [0, 0.1) is 0 Å². The van der Waals surface area contributed by atoms with Gasteiger partial charge in [-0.15, -0.1) is 11.8 Å². The van der Waals surface area contributed by atoms with Crippen LogP contribution in [0.4, 0.5) is 0 Å². The number of nitrogens with one attached hydrogen (secondary N) is 1. The van der Waals surface area contributed by atoms with Crippen LogP contribution >= 0.6 is 23.4 Å². The van der Waals surface area contributed by atoms with Crippen molar-refractivity contribution >= 4 is 35.3 Å². The Kier molecular flexibility index (Phi) is 5.59. The molecule has 2 rings (SSSR count). The van der Waals surface area contributed by atoms with E-state index in [4.69, 9.17) is 21.1 Å². The molecule has 1 aromatic rings. The molecule has 7 heteroatoms. The van der Waals surface area contributed by atoms with Gasteiger partial charge >= 0.3 is 11.9 Å². The highest BCUT2D eigenvalue weighted by molar-refractivity contribution is 8.02. The maximum absolute atomic E-state index is 12.0. The van der Waals surface area contributed by atoms with E-state index < -0.39 is 17.7 Å². The first-order valence-corrected chi connectivity index (χ1v) is 8.66. The molecule has 0 bridgehead atoms. The van der Waals surface area contributed by atoms with E-state index in [-0.39, 0.29) is 5.57 Å². The lowest BCUT2D eigenvalue weighted by Gasteiger charge is -2.30. The van der Waals surface area contributed by atoms with Crippen LogP contribution < -0.4 is 5.32 Å². The second kappa shape index (κ2) is 7.27. The lowest BCUT2D eigenvalue weighted by Crippen LogP contribution is -2.43. The molecule has 5 nitrogen and oxygen atoms in total. The first-order valence-electron chi connectivity index (χ1n) is 7.05. The van der Waals surface area contributed by atoms with Crippen molar-refractivity contribution in [1.29, 1.82) is 0 Å². The lowest BCUT2D eigenvalue weighted by atomic mass is 10.1. The largest absolute Gasteiger partial charge is 0.419 e. The summed E-state index contributed by atoms with van der Waals surface area (Å²) >= 11 is 7.11. The maximum atomic E-state index is 12.0. The molecule has 0 aliphatic carbocycles. The van der Waals surface area contributed by atoms with Crippen LogP contribution in [0.3, 0.4) is 0 Å². The highest BCUT2D eigenvalue weighted by Gasteiger charge is 2.40. The number of esters is 2. The summed E-state index contributed by atoms with van der Waals surface area (Å²) in [6.07, 6.45) is 2.50. The average Bonchev–Trinajstić information content (AvgIpc) is 2.45. The number of rotatable bonds is 5. The Morgan fingerprint density at radius 1 is 1.17 bits per heavy atom. The normalized spacial score (nSPS) is 16.6. The summed E-state index contributed by atoms with van der Waals surface area (Å²) < 4.78 is 10.2. The molecule has 1 aromatic carbocycles. The zero-order valence-corrected chi connectivity index (χ0v) is 14.7. The van der Waals surface area contributed by atoms with E-state index in [2.05, 4.69) is 5.32 Å². The molecule has 0 amide bonds. The minimum Gasteiger partial charge on any atom is -0.419 e. The smallest absolute Gasteiger partial charge is 0.351 e. The van der Waals surface area contributed by atoms with Gasteiger partial charge in [0.15, 0.2) is 5.57 Å². The van der Waals surface area contributed by atoms with Crippen LogP contribution in [0.25, 0.3) is 0 Å². The summed E-state index contributed by atoms with van der Waals surface area (Å²) in [5.41, 5.74) is 1.01. The monoisotopic (exact) mass is 355 g/mol. The predicted octanol–water partition coefficient (Wildman–Crippen LogP) is 2.88. The van der Waals surface area contributed by atoms with Gasteiger partial charge in [-0.25, -0.2) is 9.59 Å². The highest BCUT2D eigenvalue weighted by Crippen LogP contribution is 2.27. The Balaban J connectivity index is 2.05. The molecule has 0 aromatic heterocycles. The third kappa shape index (κ3) is 4.65. The standard InChI is InChI=1S/C16H18ClNO4S/c1-16(2)21-14(19)12(15(20)22-16)13(23-3)18-9-8-10-4-6-11(17)7-5-10/h4-7,18H,8-9H2,1-3H3. The topological polar surface area (TPSA) is 64.6 Å². The number of thioether (sulfide) groups is 1. The fourth-order valence-electron chi connectivity index (χ4n) is 2.07. The summed E-state index contributed by atoms with van der Waals surface area (Å²) in [6, 6.07) is 7.51. The maximum Gasteiger partial charge on any atom is 0.351 e. The molecule has 0 saturated carbocycles. The van der Waals surface area contributed by atoms with E-state index in [1.54, 1.807) is 6.26 Å². The van der Waals surface area contributed by atoms with Gasteiger partial charge in [0.25, 0.3) is 5.79 Å². The van der Waals surface area contributed by atoms with Gasteiger partial charge in [0.2, 0.25) is 0 Å². The number of cyclic esters (lactones) is 2. The summed E-state index contributed by atoms with van der Waals surface area (Å²) in [5.74, 6) is -2.58. The highest BCUT2D eigenvalue weighted by atomic mass is 35.5. The number of carbonyl (C=O) groups is 2. The Labute approximate surface area is 144 Å². The van der Waals surface area contributed by atoms with E-state index in [0.29, 0.717) is 16.6 Å². The van der Waals surface area contributed by atoms with Crippen LogP contribution in [-0.4, -0.2) is 30.5 Å². The third-order valence-electron chi connectivity index (χ3n) is 3.13. The summed E-state index contributed by atoms with van der Waals surface area (Å²) in [6.45, 7) is 3.60. The van der Waals surface area contributed by atoms with Crippen LogP contribution in [0.1, 0.15) is 19.4 Å². The fraction of sp³-hybridized carbons (Fsp3) is 0.375. The fourth-order valence-corrected chi connectivity index (χ4v) is 2.82. The number of hydrogen-bond donors (Lipinski definition) is 1. The van der Waals surface area contributed by atoms with Gasteiger partial charge in [-0.3, -0.25) is 0 Å². The molecule has 1 aliphatic heterocycles. The molecule has 1 fully saturated rings. The second-order valence-corrected chi connectivity index (χ2v) is 6.64. The van der Waals surface area contributed by atoms with Crippen molar-refractivity contribution in [2.45, 2.75) is 26.1 Å². The van der Waals surface area contributed by atoms with Crippen molar-refractivity contribution in [3.8, 4) is 0 Å². The van der Waals surface area contributed by atoms with E-state index >= 15 is 0 Å². The van der Waals surface area contributed by atoms with Crippen LogP contribution in [0.2, 0.25) is 5.02 Å². The SMILES string of the molecule is CSC(NCCc1ccc(Cl)cc1)=C1C(=O)OC(C)(C)OC1=O. The molecule has 1 saturated heterocycles. The minimum absolute atomic E-state index is 0.0899. The Hall–Kier alpha value is -1.66. The Bertz CT molecular complexity index is 618. The first kappa shape index (κ1) is 17.7. The van der Waals surface area contributed by atoms with Crippen LogP contribution in [0.15, 0.2) is 34.9 Å². The molecule has 124 valence electrons. The number of benzene rings is 1. The Morgan fingerprint density at radius 3 is 2.26 bits per heavy atom. The molecule has 0 radical (unpaired) electrons. The van der Waals surface area contributed by atoms with E-state index in [9.17, 15) is 9.59 Å². The molecule has 0 atom stereocenters. The number of halogens is 1.